The lowest BCUT2D eigenvalue weighted by Crippen LogP contribution is -2.10. The number of benzene rings is 3. The maximum absolute atomic E-state index is 13.7. The molecule has 0 heterocycles. The Kier molecular flexibility index (Phi) is 4.62. The van der Waals surface area contributed by atoms with Crippen molar-refractivity contribution in [3.8, 4) is 23.0 Å². The van der Waals surface area contributed by atoms with Crippen LogP contribution in [0.1, 0.15) is 5.56 Å². The normalized spacial score (nSPS) is 11.2. The van der Waals surface area contributed by atoms with E-state index in [9.17, 15) is 13.2 Å². The van der Waals surface area contributed by atoms with Gasteiger partial charge in [0.05, 0.1) is 11.4 Å². The van der Waals surface area contributed by atoms with Gasteiger partial charge in [-0.1, -0.05) is 30.3 Å². The van der Waals surface area contributed by atoms with Crippen LogP contribution in [0.2, 0.25) is 0 Å². The molecule has 4 N–H and O–H groups in total. The van der Waals surface area contributed by atoms with Crippen molar-refractivity contribution in [1.29, 1.82) is 0 Å². The maximum atomic E-state index is 13.7. The summed E-state index contributed by atoms with van der Waals surface area (Å²) in [5.41, 5.74) is 10.9. The van der Waals surface area contributed by atoms with E-state index in [0.717, 1.165) is 0 Å². The number of ether oxygens (including phenoxy) is 2. The molecule has 0 spiro atoms. The maximum Gasteiger partial charge on any atom is 0.423 e. The Labute approximate surface area is 147 Å². The van der Waals surface area contributed by atoms with Crippen LogP contribution in [0.5, 0.6) is 23.0 Å². The van der Waals surface area contributed by atoms with Crippen molar-refractivity contribution in [3.63, 3.8) is 0 Å². The summed E-state index contributed by atoms with van der Waals surface area (Å²) in [6, 6.07) is 16.4. The highest BCUT2D eigenvalue weighted by Crippen LogP contribution is 2.46. The van der Waals surface area contributed by atoms with Crippen LogP contribution in [-0.2, 0) is 6.18 Å². The zero-order valence-corrected chi connectivity index (χ0v) is 13.5. The first-order chi connectivity index (χ1) is 12.4. The van der Waals surface area contributed by atoms with Crippen molar-refractivity contribution < 1.29 is 22.6 Å². The minimum atomic E-state index is -4.71. The fourth-order valence-electron chi connectivity index (χ4n) is 2.34. The van der Waals surface area contributed by atoms with Crippen molar-refractivity contribution in [1.82, 2.24) is 0 Å². The SMILES string of the molecule is Nc1ccccc1Oc1cccc(Oc2ccccc2N)c1C(F)(F)F. The van der Waals surface area contributed by atoms with E-state index in [2.05, 4.69) is 0 Å². The Morgan fingerprint density at radius 1 is 0.577 bits per heavy atom. The number of nitrogens with two attached hydrogens (primary N) is 2. The first kappa shape index (κ1) is 17.5. The highest BCUT2D eigenvalue weighted by atomic mass is 19.4. The van der Waals surface area contributed by atoms with Gasteiger partial charge >= 0.3 is 6.18 Å². The third-order valence-electron chi connectivity index (χ3n) is 3.55. The molecule has 3 aromatic rings. The zero-order chi connectivity index (χ0) is 18.7. The average Bonchev–Trinajstić information content (AvgIpc) is 2.58. The number of alkyl halides is 3. The summed E-state index contributed by atoms with van der Waals surface area (Å²) < 4.78 is 51.9. The summed E-state index contributed by atoms with van der Waals surface area (Å²) >= 11 is 0. The third-order valence-corrected chi connectivity index (χ3v) is 3.55. The van der Waals surface area contributed by atoms with E-state index < -0.39 is 23.2 Å². The fraction of sp³-hybridized carbons (Fsp3) is 0.0526. The molecule has 134 valence electrons. The van der Waals surface area contributed by atoms with Gasteiger partial charge in [-0.2, -0.15) is 13.2 Å². The average molecular weight is 360 g/mol. The predicted octanol–water partition coefficient (Wildman–Crippen LogP) is 5.45. The largest absolute Gasteiger partial charge is 0.454 e. The number of halogens is 3. The molecule has 3 rings (SSSR count). The minimum Gasteiger partial charge on any atom is -0.454 e. The molecule has 0 aliphatic heterocycles. The van der Waals surface area contributed by atoms with Crippen molar-refractivity contribution in [2.75, 3.05) is 11.5 Å². The summed E-state index contributed by atoms with van der Waals surface area (Å²) in [5, 5.41) is 0. The molecule has 0 fully saturated rings. The highest BCUT2D eigenvalue weighted by molar-refractivity contribution is 5.58. The van der Waals surface area contributed by atoms with Gasteiger partial charge in [0.25, 0.3) is 0 Å². The van der Waals surface area contributed by atoms with Gasteiger partial charge in [-0.3, -0.25) is 0 Å². The Morgan fingerprint density at radius 3 is 1.35 bits per heavy atom. The van der Waals surface area contributed by atoms with Gasteiger partial charge in [0.2, 0.25) is 0 Å². The molecule has 0 saturated carbocycles. The lowest BCUT2D eigenvalue weighted by Gasteiger charge is -2.18. The predicted molar refractivity (Wildman–Crippen MR) is 93.3 cm³/mol. The van der Waals surface area contributed by atoms with Crippen LogP contribution >= 0.6 is 0 Å². The molecule has 0 bridgehead atoms. The van der Waals surface area contributed by atoms with E-state index in [1.807, 2.05) is 0 Å². The van der Waals surface area contributed by atoms with Crippen LogP contribution < -0.4 is 20.9 Å². The number of hydrogen-bond acceptors (Lipinski definition) is 4. The summed E-state index contributed by atoms with van der Waals surface area (Å²) in [4.78, 5) is 0. The molecular formula is C19H15F3N2O2. The summed E-state index contributed by atoms with van der Waals surface area (Å²) in [6.45, 7) is 0. The summed E-state index contributed by atoms with van der Waals surface area (Å²) in [6.07, 6.45) is -4.71. The third kappa shape index (κ3) is 3.66. The second kappa shape index (κ2) is 6.87. The van der Waals surface area contributed by atoms with Crippen LogP contribution in [0.15, 0.2) is 66.7 Å². The van der Waals surface area contributed by atoms with E-state index in [4.69, 9.17) is 20.9 Å². The number of anilines is 2. The van der Waals surface area contributed by atoms with E-state index in [1.54, 1.807) is 24.3 Å². The van der Waals surface area contributed by atoms with Gasteiger partial charge in [-0.25, -0.2) is 0 Å². The highest BCUT2D eigenvalue weighted by Gasteiger charge is 2.39. The van der Waals surface area contributed by atoms with Gasteiger partial charge < -0.3 is 20.9 Å². The van der Waals surface area contributed by atoms with Gasteiger partial charge in [0.15, 0.2) is 0 Å². The van der Waals surface area contributed by atoms with Crippen LogP contribution in [-0.4, -0.2) is 0 Å². The molecule has 0 amide bonds. The number of hydrogen-bond donors (Lipinski definition) is 2. The fourth-order valence-corrected chi connectivity index (χ4v) is 2.34. The molecule has 0 aromatic heterocycles. The number of nitrogen functional groups attached to an aromatic ring is 2. The molecule has 7 heteroatoms. The standard InChI is InChI=1S/C19H15F3N2O2/c20-19(21,22)18-16(25-14-8-3-1-6-12(14)23)10-5-11-17(18)26-15-9-4-2-7-13(15)24/h1-11H,23-24H2. The first-order valence-electron chi connectivity index (χ1n) is 7.61. The monoisotopic (exact) mass is 360 g/mol. The Bertz CT molecular complexity index is 861. The van der Waals surface area contributed by atoms with Crippen molar-refractivity contribution in [3.05, 3.63) is 72.3 Å². The van der Waals surface area contributed by atoms with Crippen molar-refractivity contribution in [2.24, 2.45) is 0 Å². The van der Waals surface area contributed by atoms with Gasteiger partial charge in [-0.05, 0) is 36.4 Å². The Hall–Kier alpha value is -3.35. The lowest BCUT2D eigenvalue weighted by atomic mass is 10.1. The second-order valence-electron chi connectivity index (χ2n) is 5.41. The van der Waals surface area contributed by atoms with Crippen LogP contribution in [0.25, 0.3) is 0 Å². The number of para-hydroxylation sites is 4. The molecule has 0 aliphatic rings. The van der Waals surface area contributed by atoms with Crippen LogP contribution in [0.3, 0.4) is 0 Å². The van der Waals surface area contributed by atoms with Crippen LogP contribution in [0.4, 0.5) is 24.5 Å². The molecule has 4 nitrogen and oxygen atoms in total. The van der Waals surface area contributed by atoms with Crippen LogP contribution in [0, 0.1) is 0 Å². The molecular weight excluding hydrogens is 345 g/mol. The molecule has 0 atom stereocenters. The van der Waals surface area contributed by atoms with Crippen molar-refractivity contribution in [2.45, 2.75) is 6.18 Å². The van der Waals surface area contributed by atoms with Gasteiger partial charge in [-0.15, -0.1) is 0 Å². The van der Waals surface area contributed by atoms with E-state index in [0.29, 0.717) is 0 Å². The topological polar surface area (TPSA) is 70.5 Å². The van der Waals surface area contributed by atoms with Gasteiger partial charge in [0.1, 0.15) is 28.6 Å². The lowest BCUT2D eigenvalue weighted by molar-refractivity contribution is -0.139. The molecule has 3 aromatic carbocycles. The van der Waals surface area contributed by atoms with E-state index in [-0.39, 0.29) is 22.9 Å². The molecule has 0 saturated heterocycles. The zero-order valence-electron chi connectivity index (χ0n) is 13.5. The quantitative estimate of drug-likeness (QED) is 0.607. The smallest absolute Gasteiger partial charge is 0.423 e. The molecule has 26 heavy (non-hydrogen) atoms. The van der Waals surface area contributed by atoms with E-state index in [1.165, 1.54) is 42.5 Å². The first-order valence-corrected chi connectivity index (χ1v) is 7.61. The Morgan fingerprint density at radius 2 is 0.962 bits per heavy atom. The van der Waals surface area contributed by atoms with Crippen molar-refractivity contribution >= 4 is 11.4 Å². The minimum absolute atomic E-state index is 0.120. The molecule has 0 unspecified atom stereocenters. The second-order valence-corrected chi connectivity index (χ2v) is 5.41. The Balaban J connectivity index is 2.06. The molecule has 0 radical (unpaired) electrons. The summed E-state index contributed by atoms with van der Waals surface area (Å²) in [5.74, 6) is -0.589. The van der Waals surface area contributed by atoms with Gasteiger partial charge in [0, 0.05) is 0 Å². The van der Waals surface area contributed by atoms with E-state index >= 15 is 0 Å². The number of rotatable bonds is 4. The molecule has 0 aliphatic carbocycles. The summed E-state index contributed by atoms with van der Waals surface area (Å²) in [7, 11) is 0.